The van der Waals surface area contributed by atoms with Gasteiger partial charge >= 0.3 is 6.03 Å². The maximum Gasteiger partial charge on any atom is 0.315 e. The average Bonchev–Trinajstić information content (AvgIpc) is 2.17. The Bertz CT molecular complexity index is 363. The highest BCUT2D eigenvalue weighted by Gasteiger charge is 2.24. The van der Waals surface area contributed by atoms with E-state index in [1.54, 1.807) is 7.05 Å². The second kappa shape index (κ2) is 4.66. The van der Waals surface area contributed by atoms with Gasteiger partial charge in [0.25, 0.3) is 0 Å². The van der Waals surface area contributed by atoms with Crippen molar-refractivity contribution in [3.63, 3.8) is 0 Å². The Morgan fingerprint density at radius 3 is 2.47 bits per heavy atom. The van der Waals surface area contributed by atoms with Gasteiger partial charge in [0.05, 0.1) is 5.54 Å². The van der Waals surface area contributed by atoms with Gasteiger partial charge in [0.15, 0.2) is 0 Å². The van der Waals surface area contributed by atoms with Crippen LogP contribution < -0.4 is 10.6 Å². The monoisotopic (exact) mass is 270 g/mol. The largest absolute Gasteiger partial charge is 0.341 e. The summed E-state index contributed by atoms with van der Waals surface area (Å²) in [6.07, 6.45) is 0. The summed E-state index contributed by atoms with van der Waals surface area (Å²) in [5.74, 6) is 0. The molecule has 0 aliphatic heterocycles. The highest BCUT2D eigenvalue weighted by atomic mass is 79.9. The van der Waals surface area contributed by atoms with Gasteiger partial charge in [0.1, 0.15) is 0 Å². The second-order valence-electron chi connectivity index (χ2n) is 3.81. The standard InChI is InChI=1S/C11H15BrN2O/c1-11(2,14-10(15)13-3)8-6-4-5-7-9(8)12/h4-7H,1-3H3,(H2,13,14,15). The molecular weight excluding hydrogens is 256 g/mol. The number of urea groups is 1. The zero-order valence-corrected chi connectivity index (χ0v) is 10.7. The third-order valence-electron chi connectivity index (χ3n) is 2.20. The van der Waals surface area contributed by atoms with Crippen LogP contribution in [0.25, 0.3) is 0 Å². The minimum atomic E-state index is -0.403. The van der Waals surface area contributed by atoms with E-state index in [0.29, 0.717) is 0 Å². The van der Waals surface area contributed by atoms with Crippen LogP contribution in [0.5, 0.6) is 0 Å². The van der Waals surface area contributed by atoms with Gasteiger partial charge in [-0.1, -0.05) is 34.1 Å². The van der Waals surface area contributed by atoms with Gasteiger partial charge in [-0.3, -0.25) is 0 Å². The first-order chi connectivity index (χ1) is 6.97. The Balaban J connectivity index is 2.95. The Labute approximate surface area is 98.4 Å². The molecule has 1 rings (SSSR count). The molecule has 2 amide bonds. The summed E-state index contributed by atoms with van der Waals surface area (Å²) >= 11 is 3.47. The van der Waals surface area contributed by atoms with Crippen molar-refractivity contribution in [1.82, 2.24) is 10.6 Å². The van der Waals surface area contributed by atoms with Gasteiger partial charge < -0.3 is 10.6 Å². The third-order valence-corrected chi connectivity index (χ3v) is 2.89. The summed E-state index contributed by atoms with van der Waals surface area (Å²) < 4.78 is 0.992. The lowest BCUT2D eigenvalue weighted by molar-refractivity contribution is 0.232. The molecule has 0 radical (unpaired) electrons. The molecule has 0 atom stereocenters. The molecular formula is C11H15BrN2O. The van der Waals surface area contributed by atoms with Crippen LogP contribution in [0.1, 0.15) is 19.4 Å². The maximum atomic E-state index is 11.3. The van der Waals surface area contributed by atoms with Crippen molar-refractivity contribution in [3.8, 4) is 0 Å². The molecule has 0 saturated heterocycles. The molecule has 0 fully saturated rings. The van der Waals surface area contributed by atoms with Gasteiger partial charge in [-0.05, 0) is 25.5 Å². The predicted molar refractivity (Wildman–Crippen MR) is 64.8 cm³/mol. The lowest BCUT2D eigenvalue weighted by Crippen LogP contribution is -2.45. The van der Waals surface area contributed by atoms with Crippen LogP contribution in [0, 0.1) is 0 Å². The lowest BCUT2D eigenvalue weighted by Gasteiger charge is -2.27. The average molecular weight is 271 g/mol. The highest BCUT2D eigenvalue weighted by molar-refractivity contribution is 9.10. The van der Waals surface area contributed by atoms with Crippen LogP contribution in [0.2, 0.25) is 0 Å². The van der Waals surface area contributed by atoms with E-state index in [2.05, 4.69) is 26.6 Å². The van der Waals surface area contributed by atoms with E-state index in [0.717, 1.165) is 10.0 Å². The number of benzene rings is 1. The molecule has 0 heterocycles. The summed E-state index contributed by atoms with van der Waals surface area (Å²) in [5.41, 5.74) is 0.647. The molecule has 0 saturated carbocycles. The minimum Gasteiger partial charge on any atom is -0.341 e. The summed E-state index contributed by atoms with van der Waals surface area (Å²) in [6.45, 7) is 3.92. The molecule has 1 aromatic rings. The number of carbonyl (C=O) groups excluding carboxylic acids is 1. The molecule has 2 N–H and O–H groups in total. The fraction of sp³-hybridized carbons (Fsp3) is 0.364. The van der Waals surface area contributed by atoms with E-state index >= 15 is 0 Å². The van der Waals surface area contributed by atoms with E-state index in [1.807, 2.05) is 38.1 Å². The van der Waals surface area contributed by atoms with Gasteiger partial charge in [-0.25, -0.2) is 4.79 Å². The molecule has 0 aliphatic carbocycles. The zero-order valence-electron chi connectivity index (χ0n) is 9.10. The molecule has 3 nitrogen and oxygen atoms in total. The fourth-order valence-corrected chi connectivity index (χ4v) is 2.16. The van der Waals surface area contributed by atoms with Crippen molar-refractivity contribution in [2.24, 2.45) is 0 Å². The molecule has 0 spiro atoms. The molecule has 1 aromatic carbocycles. The van der Waals surface area contributed by atoms with Crippen molar-refractivity contribution in [2.45, 2.75) is 19.4 Å². The van der Waals surface area contributed by atoms with Crippen LogP contribution in [0.15, 0.2) is 28.7 Å². The van der Waals surface area contributed by atoms with E-state index in [9.17, 15) is 4.79 Å². The Hall–Kier alpha value is -1.03. The number of rotatable bonds is 2. The lowest BCUT2D eigenvalue weighted by atomic mass is 9.94. The summed E-state index contributed by atoms with van der Waals surface area (Å²) in [4.78, 5) is 11.3. The second-order valence-corrected chi connectivity index (χ2v) is 4.66. The maximum absolute atomic E-state index is 11.3. The van der Waals surface area contributed by atoms with Crippen molar-refractivity contribution in [3.05, 3.63) is 34.3 Å². The predicted octanol–water partition coefficient (Wildman–Crippen LogP) is 2.61. The van der Waals surface area contributed by atoms with Gasteiger partial charge in [0.2, 0.25) is 0 Å². The first-order valence-corrected chi connectivity index (χ1v) is 5.51. The van der Waals surface area contributed by atoms with E-state index in [-0.39, 0.29) is 6.03 Å². The van der Waals surface area contributed by atoms with Gasteiger partial charge in [-0.15, -0.1) is 0 Å². The van der Waals surface area contributed by atoms with Crippen molar-refractivity contribution >= 4 is 22.0 Å². The third kappa shape index (κ3) is 2.96. The highest BCUT2D eigenvalue weighted by Crippen LogP contribution is 2.27. The topological polar surface area (TPSA) is 41.1 Å². The number of amides is 2. The van der Waals surface area contributed by atoms with E-state index < -0.39 is 5.54 Å². The van der Waals surface area contributed by atoms with Crippen LogP contribution in [-0.4, -0.2) is 13.1 Å². The van der Waals surface area contributed by atoms with E-state index in [4.69, 9.17) is 0 Å². The molecule has 0 bridgehead atoms. The van der Waals surface area contributed by atoms with Crippen molar-refractivity contribution in [1.29, 1.82) is 0 Å². The summed E-state index contributed by atoms with van der Waals surface area (Å²) in [5, 5.41) is 5.43. The van der Waals surface area contributed by atoms with Gasteiger partial charge in [0, 0.05) is 11.5 Å². The first-order valence-electron chi connectivity index (χ1n) is 4.72. The smallest absolute Gasteiger partial charge is 0.315 e. The van der Waals surface area contributed by atoms with Crippen LogP contribution in [0.3, 0.4) is 0 Å². The number of nitrogens with one attached hydrogen (secondary N) is 2. The number of hydrogen-bond donors (Lipinski definition) is 2. The normalized spacial score (nSPS) is 10.9. The molecule has 0 unspecified atom stereocenters. The zero-order chi connectivity index (χ0) is 11.5. The Morgan fingerprint density at radius 2 is 1.93 bits per heavy atom. The fourth-order valence-electron chi connectivity index (χ4n) is 1.38. The molecule has 4 heteroatoms. The van der Waals surface area contributed by atoms with Crippen LogP contribution in [-0.2, 0) is 5.54 Å². The first kappa shape index (κ1) is 12.0. The van der Waals surface area contributed by atoms with Crippen LogP contribution >= 0.6 is 15.9 Å². The van der Waals surface area contributed by atoms with Crippen LogP contribution in [0.4, 0.5) is 4.79 Å². The number of carbonyl (C=O) groups is 1. The Morgan fingerprint density at radius 1 is 1.33 bits per heavy atom. The molecule has 0 aromatic heterocycles. The molecule has 82 valence electrons. The van der Waals surface area contributed by atoms with Gasteiger partial charge in [-0.2, -0.15) is 0 Å². The minimum absolute atomic E-state index is 0.184. The number of hydrogen-bond acceptors (Lipinski definition) is 1. The number of halogens is 1. The molecule has 0 aliphatic rings. The summed E-state index contributed by atoms with van der Waals surface area (Å²) in [7, 11) is 1.60. The SMILES string of the molecule is CNC(=O)NC(C)(C)c1ccccc1Br. The summed E-state index contributed by atoms with van der Waals surface area (Å²) in [6, 6.07) is 7.66. The Kier molecular flexibility index (Phi) is 3.74. The van der Waals surface area contributed by atoms with Crippen molar-refractivity contribution < 1.29 is 4.79 Å². The quantitative estimate of drug-likeness (QED) is 0.853. The van der Waals surface area contributed by atoms with Crippen molar-refractivity contribution in [2.75, 3.05) is 7.05 Å². The van der Waals surface area contributed by atoms with E-state index in [1.165, 1.54) is 0 Å². The molecule has 15 heavy (non-hydrogen) atoms.